The van der Waals surface area contributed by atoms with Crippen molar-refractivity contribution in [2.75, 3.05) is 19.0 Å². The summed E-state index contributed by atoms with van der Waals surface area (Å²) in [6.07, 6.45) is 0. The van der Waals surface area contributed by atoms with Gasteiger partial charge in [-0.25, -0.2) is 4.98 Å². The van der Waals surface area contributed by atoms with Crippen LogP contribution >= 0.6 is 0 Å². The number of benzene rings is 1. The number of aromatic nitrogens is 2. The number of ether oxygens (including phenoxy) is 1. The van der Waals surface area contributed by atoms with Crippen molar-refractivity contribution >= 4 is 17.0 Å². The molecular formula is C13H19N3O. The lowest BCUT2D eigenvalue weighted by atomic mass is 10.1. The van der Waals surface area contributed by atoms with Gasteiger partial charge in [0.2, 0.25) is 5.95 Å². The maximum absolute atomic E-state index is 5.23. The molecule has 2 aromatic rings. The Labute approximate surface area is 102 Å². The smallest absolute Gasteiger partial charge is 0.205 e. The molecule has 0 unspecified atom stereocenters. The molecule has 0 bridgehead atoms. The molecule has 0 radical (unpaired) electrons. The first-order valence-corrected chi connectivity index (χ1v) is 5.87. The molecule has 0 saturated carbocycles. The summed E-state index contributed by atoms with van der Waals surface area (Å²) in [6, 6.07) is 4.29. The second-order valence-corrected chi connectivity index (χ2v) is 4.24. The number of nitrogens with one attached hydrogen (secondary N) is 1. The molecule has 0 amide bonds. The van der Waals surface area contributed by atoms with Crippen LogP contribution in [0.4, 0.5) is 5.95 Å². The number of hydrogen-bond acceptors (Lipinski definition) is 3. The molecule has 0 atom stereocenters. The summed E-state index contributed by atoms with van der Waals surface area (Å²) in [5.74, 6) is 0.870. The van der Waals surface area contributed by atoms with Crippen molar-refractivity contribution in [2.45, 2.75) is 27.5 Å². The van der Waals surface area contributed by atoms with Gasteiger partial charge in [0.1, 0.15) is 6.73 Å². The van der Waals surface area contributed by atoms with Gasteiger partial charge in [-0.15, -0.1) is 0 Å². The van der Waals surface area contributed by atoms with E-state index in [1.807, 2.05) is 0 Å². The Balaban J connectivity index is 2.62. The third kappa shape index (κ3) is 2.13. The van der Waals surface area contributed by atoms with E-state index in [0.717, 1.165) is 23.5 Å². The van der Waals surface area contributed by atoms with Gasteiger partial charge in [-0.2, -0.15) is 0 Å². The van der Waals surface area contributed by atoms with E-state index in [1.165, 1.54) is 11.1 Å². The quantitative estimate of drug-likeness (QED) is 0.882. The van der Waals surface area contributed by atoms with Crippen molar-refractivity contribution in [1.82, 2.24) is 9.55 Å². The molecular weight excluding hydrogens is 214 g/mol. The number of methoxy groups -OCH3 is 1. The van der Waals surface area contributed by atoms with Crippen LogP contribution in [0.15, 0.2) is 12.1 Å². The number of anilines is 1. The van der Waals surface area contributed by atoms with E-state index in [9.17, 15) is 0 Å². The summed E-state index contributed by atoms with van der Waals surface area (Å²) in [6.45, 7) is 7.65. The Kier molecular flexibility index (Phi) is 3.33. The van der Waals surface area contributed by atoms with Gasteiger partial charge in [0.25, 0.3) is 0 Å². The second kappa shape index (κ2) is 4.75. The number of aryl methyl sites for hydroxylation is 2. The lowest BCUT2D eigenvalue weighted by Crippen LogP contribution is -2.08. The Morgan fingerprint density at radius 3 is 2.65 bits per heavy atom. The number of imidazole rings is 1. The number of fused-ring (bicyclic) bond motifs is 1. The molecule has 1 aromatic heterocycles. The van der Waals surface area contributed by atoms with Crippen molar-refractivity contribution in [1.29, 1.82) is 0 Å². The fourth-order valence-corrected chi connectivity index (χ4v) is 1.93. The zero-order valence-corrected chi connectivity index (χ0v) is 10.9. The molecule has 1 aromatic carbocycles. The van der Waals surface area contributed by atoms with Crippen LogP contribution in [-0.4, -0.2) is 23.2 Å². The molecule has 0 saturated heterocycles. The topological polar surface area (TPSA) is 39.1 Å². The molecule has 1 heterocycles. The molecule has 1 N–H and O–H groups in total. The number of hydrogen-bond donors (Lipinski definition) is 1. The van der Waals surface area contributed by atoms with Gasteiger partial charge in [0.15, 0.2) is 0 Å². The van der Waals surface area contributed by atoms with Gasteiger partial charge < -0.3 is 10.1 Å². The highest BCUT2D eigenvalue weighted by Crippen LogP contribution is 2.23. The van der Waals surface area contributed by atoms with Crippen molar-refractivity contribution in [3.8, 4) is 0 Å². The van der Waals surface area contributed by atoms with Gasteiger partial charge >= 0.3 is 0 Å². The molecule has 4 nitrogen and oxygen atoms in total. The highest BCUT2D eigenvalue weighted by Gasteiger charge is 2.10. The van der Waals surface area contributed by atoms with Crippen molar-refractivity contribution < 1.29 is 4.74 Å². The Morgan fingerprint density at radius 2 is 2.00 bits per heavy atom. The highest BCUT2D eigenvalue weighted by molar-refractivity contribution is 5.80. The lowest BCUT2D eigenvalue weighted by Gasteiger charge is -2.08. The van der Waals surface area contributed by atoms with Crippen molar-refractivity contribution in [3.05, 3.63) is 23.3 Å². The van der Waals surface area contributed by atoms with E-state index in [0.29, 0.717) is 6.73 Å². The summed E-state index contributed by atoms with van der Waals surface area (Å²) < 4.78 is 7.30. The normalized spacial score (nSPS) is 11.1. The van der Waals surface area contributed by atoms with Gasteiger partial charge in [-0.05, 0) is 44.0 Å². The predicted octanol–water partition coefficient (Wildman–Crippen LogP) is 2.69. The van der Waals surface area contributed by atoms with Crippen LogP contribution in [0.3, 0.4) is 0 Å². The molecule has 17 heavy (non-hydrogen) atoms. The summed E-state index contributed by atoms with van der Waals surface area (Å²) in [5.41, 5.74) is 4.67. The molecule has 0 aliphatic rings. The minimum atomic E-state index is 0.515. The van der Waals surface area contributed by atoms with E-state index >= 15 is 0 Å². The van der Waals surface area contributed by atoms with Crippen LogP contribution in [0.1, 0.15) is 18.1 Å². The predicted molar refractivity (Wildman–Crippen MR) is 70.4 cm³/mol. The first-order valence-electron chi connectivity index (χ1n) is 5.87. The molecule has 0 fully saturated rings. The third-order valence-electron chi connectivity index (χ3n) is 2.96. The van der Waals surface area contributed by atoms with Crippen molar-refractivity contribution in [2.24, 2.45) is 0 Å². The van der Waals surface area contributed by atoms with Crippen LogP contribution in [0, 0.1) is 13.8 Å². The van der Waals surface area contributed by atoms with Crippen molar-refractivity contribution in [3.63, 3.8) is 0 Å². The molecule has 0 aliphatic heterocycles. The van der Waals surface area contributed by atoms with Gasteiger partial charge in [-0.1, -0.05) is 0 Å². The fourth-order valence-electron chi connectivity index (χ4n) is 1.93. The minimum absolute atomic E-state index is 0.515. The minimum Gasteiger partial charge on any atom is -0.364 e. The summed E-state index contributed by atoms with van der Waals surface area (Å²) in [4.78, 5) is 4.59. The first kappa shape index (κ1) is 11.9. The standard InChI is InChI=1S/C13H19N3O/c1-5-14-13-15-11-6-9(2)10(3)7-12(11)16(13)8-17-4/h6-7H,5,8H2,1-4H3,(H,14,15). The SMILES string of the molecule is CCNc1nc2cc(C)c(C)cc2n1COC. The number of rotatable bonds is 4. The average molecular weight is 233 g/mol. The largest absolute Gasteiger partial charge is 0.364 e. The molecule has 92 valence electrons. The van der Waals surface area contributed by atoms with Gasteiger partial charge in [-0.3, -0.25) is 4.57 Å². The summed E-state index contributed by atoms with van der Waals surface area (Å²) in [5, 5.41) is 3.26. The maximum Gasteiger partial charge on any atom is 0.205 e. The first-order chi connectivity index (χ1) is 8.17. The van der Waals surface area contributed by atoms with Crippen LogP contribution in [0.5, 0.6) is 0 Å². The van der Waals surface area contributed by atoms with E-state index < -0.39 is 0 Å². The third-order valence-corrected chi connectivity index (χ3v) is 2.96. The summed E-state index contributed by atoms with van der Waals surface area (Å²) >= 11 is 0. The summed E-state index contributed by atoms with van der Waals surface area (Å²) in [7, 11) is 1.70. The van der Waals surface area contributed by atoms with Crippen LogP contribution in [-0.2, 0) is 11.5 Å². The maximum atomic E-state index is 5.23. The fraction of sp³-hybridized carbons (Fsp3) is 0.462. The molecule has 4 heteroatoms. The number of nitrogens with zero attached hydrogens (tertiary/aromatic N) is 2. The van der Waals surface area contributed by atoms with E-state index in [4.69, 9.17) is 4.74 Å². The Bertz CT molecular complexity index is 531. The van der Waals surface area contributed by atoms with Crippen LogP contribution < -0.4 is 5.32 Å². The van der Waals surface area contributed by atoms with E-state index in [1.54, 1.807) is 7.11 Å². The van der Waals surface area contributed by atoms with Crippen LogP contribution in [0.25, 0.3) is 11.0 Å². The van der Waals surface area contributed by atoms with E-state index in [2.05, 4.69) is 47.8 Å². The monoisotopic (exact) mass is 233 g/mol. The molecule has 2 rings (SSSR count). The Morgan fingerprint density at radius 1 is 1.29 bits per heavy atom. The average Bonchev–Trinajstić information content (AvgIpc) is 2.59. The Hall–Kier alpha value is -1.55. The zero-order valence-electron chi connectivity index (χ0n) is 10.9. The van der Waals surface area contributed by atoms with E-state index in [-0.39, 0.29) is 0 Å². The molecule has 0 aliphatic carbocycles. The highest BCUT2D eigenvalue weighted by atomic mass is 16.5. The van der Waals surface area contributed by atoms with Gasteiger partial charge in [0.05, 0.1) is 11.0 Å². The van der Waals surface area contributed by atoms with Gasteiger partial charge in [0, 0.05) is 13.7 Å². The zero-order chi connectivity index (χ0) is 12.4. The van der Waals surface area contributed by atoms with Crippen LogP contribution in [0.2, 0.25) is 0 Å². The molecule has 0 spiro atoms. The lowest BCUT2D eigenvalue weighted by molar-refractivity contribution is 0.136. The second-order valence-electron chi connectivity index (χ2n) is 4.24.